The molecule has 1 N–H and O–H groups in total. The van der Waals surface area contributed by atoms with Gasteiger partial charge in [0.15, 0.2) is 11.5 Å². The molecule has 1 amide bonds. The van der Waals surface area contributed by atoms with Gasteiger partial charge in [-0.25, -0.2) is 0 Å². The lowest BCUT2D eigenvalue weighted by Crippen LogP contribution is -2.14. The summed E-state index contributed by atoms with van der Waals surface area (Å²) in [6.07, 6.45) is 1.52. The van der Waals surface area contributed by atoms with E-state index in [9.17, 15) is 10.1 Å². The number of halogens is 2. The molecule has 0 fully saturated rings. The molecule has 0 aliphatic heterocycles. The molecule has 168 valence electrons. The minimum atomic E-state index is -0.476. The Hall–Kier alpha value is -3.08. The molecule has 3 rings (SSSR count). The summed E-state index contributed by atoms with van der Waals surface area (Å²) < 4.78 is 13.1. The van der Waals surface area contributed by atoms with Crippen molar-refractivity contribution in [2.45, 2.75) is 20.5 Å². The van der Waals surface area contributed by atoms with Crippen LogP contribution in [0, 0.1) is 25.2 Å². The van der Waals surface area contributed by atoms with E-state index in [0.29, 0.717) is 33.8 Å². The van der Waals surface area contributed by atoms with Gasteiger partial charge in [-0.1, -0.05) is 46.3 Å². The smallest absolute Gasteiger partial charge is 0.266 e. The molecule has 0 aliphatic carbocycles. The number of carbonyl (C=O) groups excluding carboxylic acids is 1. The molecule has 0 radical (unpaired) electrons. The third-order valence-corrected chi connectivity index (χ3v) is 6.47. The van der Waals surface area contributed by atoms with Gasteiger partial charge in [-0.2, -0.15) is 5.26 Å². The molecule has 33 heavy (non-hydrogen) atoms. The molecule has 0 saturated carbocycles. The van der Waals surface area contributed by atoms with Crippen molar-refractivity contribution in [3.8, 4) is 17.6 Å². The molecule has 7 heteroatoms. The second-order valence-corrected chi connectivity index (χ2v) is 8.99. The highest BCUT2D eigenvalue weighted by Crippen LogP contribution is 2.38. The van der Waals surface area contributed by atoms with E-state index in [0.717, 1.165) is 21.2 Å². The Bertz CT molecular complexity index is 1260. The first kappa shape index (κ1) is 24.6. The highest BCUT2D eigenvalue weighted by molar-refractivity contribution is 9.10. The number of amides is 1. The molecule has 0 unspecified atom stereocenters. The van der Waals surface area contributed by atoms with E-state index in [1.807, 2.05) is 62.4 Å². The molecular formula is C26H22Br2N2O3. The highest BCUT2D eigenvalue weighted by atomic mass is 79.9. The van der Waals surface area contributed by atoms with E-state index < -0.39 is 5.91 Å². The molecule has 5 nitrogen and oxygen atoms in total. The van der Waals surface area contributed by atoms with Crippen LogP contribution in [0.4, 0.5) is 5.69 Å². The largest absolute Gasteiger partial charge is 0.493 e. The van der Waals surface area contributed by atoms with Crippen LogP contribution in [0.15, 0.2) is 69.1 Å². The summed E-state index contributed by atoms with van der Waals surface area (Å²) in [5, 5.41) is 12.4. The summed E-state index contributed by atoms with van der Waals surface area (Å²) in [5.74, 6) is 0.536. The fourth-order valence-electron chi connectivity index (χ4n) is 3.12. The minimum Gasteiger partial charge on any atom is -0.493 e. The van der Waals surface area contributed by atoms with Crippen LogP contribution in [0.5, 0.6) is 11.5 Å². The molecule has 3 aromatic carbocycles. The van der Waals surface area contributed by atoms with E-state index in [4.69, 9.17) is 9.47 Å². The average Bonchev–Trinajstić information content (AvgIpc) is 2.80. The fraction of sp³-hybridized carbons (Fsp3) is 0.154. The predicted octanol–water partition coefficient (Wildman–Crippen LogP) is 6.96. The van der Waals surface area contributed by atoms with Crippen molar-refractivity contribution < 1.29 is 14.3 Å². The van der Waals surface area contributed by atoms with Gasteiger partial charge in [-0.15, -0.1) is 0 Å². The first-order valence-electron chi connectivity index (χ1n) is 10.1. The van der Waals surface area contributed by atoms with Gasteiger partial charge < -0.3 is 14.8 Å². The maximum atomic E-state index is 12.7. The number of methoxy groups -OCH3 is 1. The summed E-state index contributed by atoms with van der Waals surface area (Å²) in [4.78, 5) is 12.7. The Morgan fingerprint density at radius 3 is 2.55 bits per heavy atom. The average molecular weight is 570 g/mol. The summed E-state index contributed by atoms with van der Waals surface area (Å²) in [6.45, 7) is 4.23. The number of nitrogens with zero attached hydrogens (tertiary/aromatic N) is 1. The van der Waals surface area contributed by atoms with Crippen molar-refractivity contribution in [1.29, 1.82) is 5.26 Å². The van der Waals surface area contributed by atoms with Crippen LogP contribution in [-0.2, 0) is 11.4 Å². The Morgan fingerprint density at radius 2 is 1.85 bits per heavy atom. The Balaban J connectivity index is 1.85. The van der Waals surface area contributed by atoms with E-state index in [1.54, 1.807) is 19.2 Å². The highest BCUT2D eigenvalue weighted by Gasteiger charge is 2.15. The summed E-state index contributed by atoms with van der Waals surface area (Å²) in [7, 11) is 1.54. The zero-order chi connectivity index (χ0) is 24.0. The number of nitriles is 1. The molecule has 0 bridgehead atoms. The van der Waals surface area contributed by atoms with Crippen LogP contribution in [0.25, 0.3) is 6.08 Å². The maximum Gasteiger partial charge on any atom is 0.266 e. The SMILES string of the molecule is COc1cc(/C=C(\C#N)C(=O)Nc2cccc(C)c2C)cc(Br)c1OCc1ccccc1Br. The van der Waals surface area contributed by atoms with Gasteiger partial charge in [0.25, 0.3) is 5.91 Å². The monoisotopic (exact) mass is 568 g/mol. The van der Waals surface area contributed by atoms with Crippen LogP contribution in [-0.4, -0.2) is 13.0 Å². The fourth-order valence-corrected chi connectivity index (χ4v) is 4.09. The number of aryl methyl sites for hydroxylation is 1. The molecule has 0 aliphatic rings. The van der Waals surface area contributed by atoms with Crippen molar-refractivity contribution in [2.75, 3.05) is 12.4 Å². The lowest BCUT2D eigenvalue weighted by molar-refractivity contribution is -0.112. The standard InChI is InChI=1S/C26H22Br2N2O3/c1-16-7-6-10-23(17(16)2)30-26(31)20(14-29)11-18-12-22(28)25(24(13-18)32-3)33-15-19-8-4-5-9-21(19)27/h4-13H,15H2,1-3H3,(H,30,31)/b20-11+. The number of nitrogens with one attached hydrogen (secondary N) is 1. The van der Waals surface area contributed by atoms with E-state index >= 15 is 0 Å². The van der Waals surface area contributed by atoms with Crippen molar-refractivity contribution in [1.82, 2.24) is 0 Å². The van der Waals surface area contributed by atoms with Crippen LogP contribution in [0.2, 0.25) is 0 Å². The summed E-state index contributed by atoms with van der Waals surface area (Å²) in [6, 6.07) is 18.9. The van der Waals surface area contributed by atoms with Gasteiger partial charge >= 0.3 is 0 Å². The lowest BCUT2D eigenvalue weighted by atomic mass is 10.1. The number of carbonyl (C=O) groups is 1. The second kappa shape index (κ2) is 11.2. The quantitative estimate of drug-likeness (QED) is 0.246. The Kier molecular flexibility index (Phi) is 8.32. The van der Waals surface area contributed by atoms with E-state index in [1.165, 1.54) is 6.08 Å². The van der Waals surface area contributed by atoms with Gasteiger partial charge in [-0.3, -0.25) is 4.79 Å². The Labute approximate surface area is 210 Å². The van der Waals surface area contributed by atoms with Crippen molar-refractivity contribution in [2.24, 2.45) is 0 Å². The summed E-state index contributed by atoms with van der Waals surface area (Å²) >= 11 is 7.04. The third-order valence-electron chi connectivity index (χ3n) is 5.11. The molecule has 0 atom stereocenters. The van der Waals surface area contributed by atoms with Crippen LogP contribution < -0.4 is 14.8 Å². The van der Waals surface area contributed by atoms with Gasteiger partial charge in [0, 0.05) is 15.7 Å². The van der Waals surface area contributed by atoms with Crippen molar-refractivity contribution in [3.63, 3.8) is 0 Å². The topological polar surface area (TPSA) is 71.3 Å². The molecule has 3 aromatic rings. The predicted molar refractivity (Wildman–Crippen MR) is 137 cm³/mol. The van der Waals surface area contributed by atoms with Gasteiger partial charge in [-0.05, 0) is 76.8 Å². The number of anilines is 1. The number of benzene rings is 3. The molecule has 0 aromatic heterocycles. The minimum absolute atomic E-state index is 0.0215. The van der Waals surface area contributed by atoms with Crippen molar-refractivity contribution >= 4 is 49.5 Å². The number of hydrogen-bond donors (Lipinski definition) is 1. The molecule has 0 spiro atoms. The maximum absolute atomic E-state index is 12.7. The van der Waals surface area contributed by atoms with Gasteiger partial charge in [0.2, 0.25) is 0 Å². The first-order chi connectivity index (χ1) is 15.8. The number of ether oxygens (including phenoxy) is 2. The zero-order valence-electron chi connectivity index (χ0n) is 18.4. The summed E-state index contributed by atoms with van der Waals surface area (Å²) in [5.41, 5.74) is 4.29. The first-order valence-corrected chi connectivity index (χ1v) is 11.7. The van der Waals surface area contributed by atoms with Crippen molar-refractivity contribution in [3.05, 3.63) is 91.4 Å². The lowest BCUT2D eigenvalue weighted by Gasteiger charge is -2.14. The van der Waals surface area contributed by atoms with Crippen LogP contribution >= 0.6 is 31.9 Å². The normalized spacial score (nSPS) is 11.0. The van der Waals surface area contributed by atoms with E-state index in [2.05, 4.69) is 37.2 Å². The molecule has 0 saturated heterocycles. The van der Waals surface area contributed by atoms with E-state index in [-0.39, 0.29) is 5.57 Å². The molecule has 0 heterocycles. The van der Waals surface area contributed by atoms with Gasteiger partial charge in [0.05, 0.1) is 11.6 Å². The Morgan fingerprint density at radius 1 is 1.09 bits per heavy atom. The third kappa shape index (κ3) is 6.04. The zero-order valence-corrected chi connectivity index (χ0v) is 21.6. The number of hydrogen-bond acceptors (Lipinski definition) is 4. The number of rotatable bonds is 7. The van der Waals surface area contributed by atoms with Crippen LogP contribution in [0.3, 0.4) is 0 Å². The van der Waals surface area contributed by atoms with Crippen LogP contribution in [0.1, 0.15) is 22.3 Å². The van der Waals surface area contributed by atoms with Gasteiger partial charge in [0.1, 0.15) is 18.2 Å². The molecular weight excluding hydrogens is 548 g/mol. The second-order valence-electron chi connectivity index (χ2n) is 7.29.